The SMILES string of the molecule is CCCSC(=O)[C@@H]1CCC[C@H]1[C@@H]1C/C=C/C=C(/C#N)[C@H](O)[C@@H](C)C[C@H](C)C[C@H](C)C[C@H](C)[C@@H](O)CC(=O)O1. The summed E-state index contributed by atoms with van der Waals surface area (Å²) in [4.78, 5) is 25.9. The fraction of sp³-hybridized carbons (Fsp3) is 0.774. The molecule has 7 heteroatoms. The van der Waals surface area contributed by atoms with Crippen molar-refractivity contribution >= 4 is 22.8 Å². The summed E-state index contributed by atoms with van der Waals surface area (Å²) in [6.45, 7) is 10.3. The topological polar surface area (TPSA) is 108 Å². The second kappa shape index (κ2) is 16.5. The Morgan fingerprint density at radius 3 is 2.45 bits per heavy atom. The summed E-state index contributed by atoms with van der Waals surface area (Å²) in [6.07, 6.45) is 9.53. The highest BCUT2D eigenvalue weighted by Gasteiger charge is 2.39. The third kappa shape index (κ3) is 10.2. The summed E-state index contributed by atoms with van der Waals surface area (Å²) in [6, 6.07) is 2.15. The van der Waals surface area contributed by atoms with E-state index >= 15 is 0 Å². The normalized spacial score (nSPS) is 38.6. The first-order valence-electron chi connectivity index (χ1n) is 14.6. The van der Waals surface area contributed by atoms with E-state index in [4.69, 9.17) is 4.74 Å². The summed E-state index contributed by atoms with van der Waals surface area (Å²) in [5, 5.41) is 31.5. The Morgan fingerprint density at radius 1 is 1.11 bits per heavy atom. The minimum atomic E-state index is -0.844. The number of aliphatic hydroxyl groups excluding tert-OH is 2. The van der Waals surface area contributed by atoms with Crippen molar-refractivity contribution in [3.05, 3.63) is 23.8 Å². The fourth-order valence-electron chi connectivity index (χ4n) is 6.26. The van der Waals surface area contributed by atoms with Crippen LogP contribution in [0.3, 0.4) is 0 Å². The van der Waals surface area contributed by atoms with Gasteiger partial charge in [-0.25, -0.2) is 0 Å². The van der Waals surface area contributed by atoms with Crippen molar-refractivity contribution in [3.8, 4) is 6.07 Å². The average Bonchev–Trinajstić information content (AvgIpc) is 3.35. The van der Waals surface area contributed by atoms with E-state index in [9.17, 15) is 25.1 Å². The molecule has 0 bridgehead atoms. The third-order valence-corrected chi connectivity index (χ3v) is 9.43. The minimum absolute atomic E-state index is 0.0515. The van der Waals surface area contributed by atoms with Crippen LogP contribution in [-0.4, -0.2) is 45.4 Å². The third-order valence-electron chi connectivity index (χ3n) is 8.23. The lowest BCUT2D eigenvalue weighted by Gasteiger charge is -2.29. The molecule has 38 heavy (non-hydrogen) atoms. The van der Waals surface area contributed by atoms with Gasteiger partial charge in [-0.05, 0) is 68.3 Å². The molecule has 2 rings (SSSR count). The molecule has 1 saturated carbocycles. The lowest BCUT2D eigenvalue weighted by atomic mass is 9.82. The van der Waals surface area contributed by atoms with Crippen molar-refractivity contribution in [2.45, 2.75) is 111 Å². The molecule has 9 atom stereocenters. The molecule has 6 nitrogen and oxygen atoms in total. The number of thioether (sulfide) groups is 1. The predicted octanol–water partition coefficient (Wildman–Crippen LogP) is 6.22. The molecule has 2 aliphatic rings. The molecule has 0 radical (unpaired) electrons. The van der Waals surface area contributed by atoms with Crippen LogP contribution in [0.25, 0.3) is 0 Å². The number of rotatable bonds is 4. The van der Waals surface area contributed by atoms with Gasteiger partial charge < -0.3 is 14.9 Å². The van der Waals surface area contributed by atoms with Crippen LogP contribution in [0.4, 0.5) is 0 Å². The lowest BCUT2D eigenvalue weighted by Crippen LogP contribution is -2.33. The molecule has 0 saturated heterocycles. The Kier molecular flexibility index (Phi) is 14.1. The van der Waals surface area contributed by atoms with Gasteiger partial charge in [-0.2, -0.15) is 5.26 Å². The molecule has 1 aliphatic carbocycles. The zero-order valence-corrected chi connectivity index (χ0v) is 24.8. The van der Waals surface area contributed by atoms with Crippen LogP contribution in [0.2, 0.25) is 0 Å². The van der Waals surface area contributed by atoms with Crippen molar-refractivity contribution in [1.29, 1.82) is 5.26 Å². The van der Waals surface area contributed by atoms with Crippen LogP contribution in [0, 0.1) is 46.8 Å². The van der Waals surface area contributed by atoms with Gasteiger partial charge in [0.2, 0.25) is 0 Å². The van der Waals surface area contributed by atoms with Crippen molar-refractivity contribution in [3.63, 3.8) is 0 Å². The Hall–Kier alpha value is -1.62. The zero-order chi connectivity index (χ0) is 28.2. The number of hydrogen-bond acceptors (Lipinski definition) is 7. The highest BCUT2D eigenvalue weighted by molar-refractivity contribution is 8.13. The maximum atomic E-state index is 13.0. The van der Waals surface area contributed by atoms with Gasteiger partial charge in [0.15, 0.2) is 5.12 Å². The molecule has 2 N–H and O–H groups in total. The van der Waals surface area contributed by atoms with E-state index in [1.165, 1.54) is 11.8 Å². The average molecular weight is 548 g/mol. The number of ether oxygens (including phenoxy) is 1. The van der Waals surface area contributed by atoms with Crippen molar-refractivity contribution in [1.82, 2.24) is 0 Å². The minimum Gasteiger partial charge on any atom is -0.462 e. The van der Waals surface area contributed by atoms with Gasteiger partial charge in [0, 0.05) is 24.0 Å². The first-order valence-corrected chi connectivity index (χ1v) is 15.5. The smallest absolute Gasteiger partial charge is 0.308 e. The summed E-state index contributed by atoms with van der Waals surface area (Å²) >= 11 is 1.37. The van der Waals surface area contributed by atoms with Crippen LogP contribution in [-0.2, 0) is 14.3 Å². The van der Waals surface area contributed by atoms with Gasteiger partial charge in [-0.1, -0.05) is 65.0 Å². The van der Waals surface area contributed by atoms with Crippen LogP contribution in [0.15, 0.2) is 23.8 Å². The second-order valence-electron chi connectivity index (χ2n) is 11.9. The van der Waals surface area contributed by atoms with Crippen molar-refractivity contribution in [2.75, 3.05) is 5.75 Å². The van der Waals surface area contributed by atoms with E-state index in [-0.39, 0.29) is 35.2 Å². The zero-order valence-electron chi connectivity index (χ0n) is 24.0. The largest absolute Gasteiger partial charge is 0.462 e. The van der Waals surface area contributed by atoms with E-state index in [1.807, 2.05) is 19.9 Å². The number of carbonyl (C=O) groups is 2. The maximum Gasteiger partial charge on any atom is 0.308 e. The number of carbonyl (C=O) groups excluding carboxylic acids is 2. The highest BCUT2D eigenvalue weighted by Crippen LogP contribution is 2.40. The first kappa shape index (κ1) is 32.6. The highest BCUT2D eigenvalue weighted by atomic mass is 32.2. The number of cyclic esters (lactones) is 1. The van der Waals surface area contributed by atoms with Crippen LogP contribution in [0.5, 0.6) is 0 Å². The quantitative estimate of drug-likeness (QED) is 0.402. The molecular weight excluding hydrogens is 498 g/mol. The Bertz CT molecular complexity index is 865. The predicted molar refractivity (Wildman–Crippen MR) is 153 cm³/mol. The Balaban J connectivity index is 2.31. The summed E-state index contributed by atoms with van der Waals surface area (Å²) in [5.74, 6) is 0.750. The summed E-state index contributed by atoms with van der Waals surface area (Å²) in [5.41, 5.74) is 0.324. The van der Waals surface area contributed by atoms with Crippen LogP contribution in [0.1, 0.15) is 92.4 Å². The van der Waals surface area contributed by atoms with E-state index in [1.54, 1.807) is 12.2 Å². The number of nitriles is 1. The van der Waals surface area contributed by atoms with E-state index in [0.29, 0.717) is 23.8 Å². The fourth-order valence-corrected chi connectivity index (χ4v) is 7.17. The van der Waals surface area contributed by atoms with Gasteiger partial charge in [-0.15, -0.1) is 0 Å². The molecule has 0 spiro atoms. The van der Waals surface area contributed by atoms with Gasteiger partial charge >= 0.3 is 5.97 Å². The molecule has 0 aromatic carbocycles. The number of hydrogen-bond donors (Lipinski definition) is 2. The molecule has 1 aliphatic heterocycles. The van der Waals surface area contributed by atoms with Crippen molar-refractivity contribution in [2.24, 2.45) is 35.5 Å². The molecule has 0 amide bonds. The molecule has 1 fully saturated rings. The summed E-state index contributed by atoms with van der Waals surface area (Å²) < 4.78 is 5.97. The second-order valence-corrected chi connectivity index (χ2v) is 13.0. The van der Waals surface area contributed by atoms with Gasteiger partial charge in [-0.3, -0.25) is 9.59 Å². The lowest BCUT2D eigenvalue weighted by molar-refractivity contribution is -0.156. The number of aliphatic hydroxyl groups is 2. The Labute approximate surface area is 234 Å². The van der Waals surface area contributed by atoms with Gasteiger partial charge in [0.25, 0.3) is 0 Å². The molecule has 0 unspecified atom stereocenters. The van der Waals surface area contributed by atoms with Crippen LogP contribution < -0.4 is 0 Å². The monoisotopic (exact) mass is 547 g/mol. The molecule has 214 valence electrons. The van der Waals surface area contributed by atoms with E-state index < -0.39 is 24.3 Å². The maximum absolute atomic E-state index is 13.0. The number of esters is 1. The standard InChI is InChI=1S/C31H49NO5S/c1-6-14-38-31(36)26-12-9-11-25(26)28-13-8-7-10-24(19-32)30(35)23(5)17-21(3)15-20(2)16-22(4)27(33)18-29(34)37-28/h7-8,10,20-23,25-28,30,33,35H,6,9,11-18H2,1-5H3/b8-7+,24-10-/t20-,21+,22-,23-,25+,26+,27-,28-,30+/m0/s1. The number of allylic oxidation sites excluding steroid dienone is 2. The van der Waals surface area contributed by atoms with Gasteiger partial charge in [0.1, 0.15) is 6.10 Å². The Morgan fingerprint density at radius 2 is 1.79 bits per heavy atom. The van der Waals surface area contributed by atoms with E-state index in [0.717, 1.165) is 50.7 Å². The van der Waals surface area contributed by atoms with E-state index in [2.05, 4.69) is 26.8 Å². The molecule has 0 aromatic rings. The number of nitrogens with zero attached hydrogens (tertiary/aromatic N) is 1. The molecule has 1 heterocycles. The molecule has 0 aromatic heterocycles. The van der Waals surface area contributed by atoms with Crippen LogP contribution >= 0.6 is 11.8 Å². The van der Waals surface area contributed by atoms with Crippen molar-refractivity contribution < 1.29 is 24.5 Å². The summed E-state index contributed by atoms with van der Waals surface area (Å²) in [7, 11) is 0. The van der Waals surface area contributed by atoms with Gasteiger partial charge in [0.05, 0.1) is 30.3 Å². The first-order chi connectivity index (χ1) is 18.1. The molecular formula is C31H49NO5S.